The van der Waals surface area contributed by atoms with Gasteiger partial charge in [0.2, 0.25) is 0 Å². The monoisotopic (exact) mass is 1050 g/mol. The first-order valence-electron chi connectivity index (χ1n) is 24.2. The molecule has 0 aliphatic rings. The van der Waals surface area contributed by atoms with Crippen LogP contribution in [0.15, 0.2) is 126 Å². The summed E-state index contributed by atoms with van der Waals surface area (Å²) < 4.78 is 34.2. The van der Waals surface area contributed by atoms with Crippen molar-refractivity contribution in [3.8, 4) is 39.5 Å². The third-order valence-corrected chi connectivity index (χ3v) is 14.2. The largest absolute Gasteiger partial charge is 0.500 e. The van der Waals surface area contributed by atoms with E-state index < -0.39 is 14.9 Å². The van der Waals surface area contributed by atoms with Gasteiger partial charge < -0.3 is 14.0 Å². The van der Waals surface area contributed by atoms with Crippen LogP contribution in [0.2, 0.25) is 19.6 Å². The van der Waals surface area contributed by atoms with E-state index in [2.05, 4.69) is 146 Å². The summed E-state index contributed by atoms with van der Waals surface area (Å²) in [4.78, 5) is 9.94. The number of furan rings is 1. The van der Waals surface area contributed by atoms with E-state index >= 15 is 0 Å². The molecular weight excluding hydrogens is 987 g/mol. The molecule has 0 atom stereocenters. The summed E-state index contributed by atoms with van der Waals surface area (Å²) in [6.45, 7) is 24.7. The molecule has 0 aliphatic heterocycles. The summed E-state index contributed by atoms with van der Waals surface area (Å²) in [5, 5.41) is 2.92. The fraction of sp³-hybridized carbons (Fsp3) is 0.288. The van der Waals surface area contributed by atoms with Crippen LogP contribution in [0.4, 0.5) is 0 Å². The van der Waals surface area contributed by atoms with Gasteiger partial charge in [-0.05, 0) is 106 Å². The van der Waals surface area contributed by atoms with Crippen molar-refractivity contribution < 1.29 is 28.6 Å². The average Bonchev–Trinajstić information content (AvgIpc) is 3.87. The van der Waals surface area contributed by atoms with Crippen molar-refractivity contribution in [3.05, 3.63) is 167 Å². The quantitative estimate of drug-likeness (QED) is 0.113. The molecule has 335 valence electrons. The van der Waals surface area contributed by atoms with Gasteiger partial charge in [0.25, 0.3) is 0 Å². The first kappa shape index (κ1) is 43.5. The van der Waals surface area contributed by atoms with E-state index in [4.69, 9.17) is 18.5 Å². The van der Waals surface area contributed by atoms with Gasteiger partial charge in [0.1, 0.15) is 5.58 Å². The minimum Gasteiger partial charge on any atom is -0.500 e. The number of hydrogen-bond donors (Lipinski definition) is 0. The van der Waals surface area contributed by atoms with Crippen LogP contribution in [0.1, 0.15) is 97.8 Å². The van der Waals surface area contributed by atoms with Crippen LogP contribution in [-0.4, -0.2) is 22.6 Å². The Kier molecular flexibility index (Phi) is 12.6. The molecule has 0 spiro atoms. The summed E-state index contributed by atoms with van der Waals surface area (Å²) in [6.07, 6.45) is 3.21. The number of pyridine rings is 1. The van der Waals surface area contributed by atoms with Gasteiger partial charge in [-0.1, -0.05) is 152 Å². The third kappa shape index (κ3) is 9.64. The number of para-hydroxylation sites is 2. The number of benzene rings is 6. The standard InChI is InChI=1S/C40H37N2O.C19H26NSi.Ir/c1-23(2)31-21-29(28-13-9-8-10-14-28)22-32(24(3)4)37(31)42-34-16-12-11-15-33(34)41-40(42)30-20-19-26(6)36-35-25(5)17-18-27(7)38(35)43-39(30)36;1-19(2,3)13-16-12-17(15-10-8-7-9-11-15)20-14-18(16)21(4,5)6;/h8-19,21-24H,1-7H3;7-10,12,14H,13H2,1-6H3;/q2*-1;/i6D3;;. The summed E-state index contributed by atoms with van der Waals surface area (Å²) >= 11 is 0. The predicted octanol–water partition coefficient (Wildman–Crippen LogP) is 15.9. The minimum absolute atomic E-state index is 0. The molecule has 6 heteroatoms. The first-order valence-corrected chi connectivity index (χ1v) is 26.2. The fourth-order valence-electron chi connectivity index (χ4n) is 9.00. The smallest absolute Gasteiger partial charge is 0.124 e. The molecule has 9 rings (SSSR count). The van der Waals surface area contributed by atoms with Gasteiger partial charge in [-0.2, -0.15) is 0 Å². The maximum atomic E-state index is 8.43. The molecule has 0 unspecified atom stereocenters. The number of aryl methyl sites for hydroxylation is 3. The summed E-state index contributed by atoms with van der Waals surface area (Å²) in [6, 6.07) is 46.0. The van der Waals surface area contributed by atoms with Crippen molar-refractivity contribution in [1.82, 2.24) is 14.5 Å². The minimum atomic E-state index is -2.34. The SMILES string of the molecule is CC(C)(C)Cc1cc(-c2[c-]cccc2)ncc1[Si](C)(C)C.[2H]C([2H])([2H])c1c[c-]c(-c2nc3ccccc3n2-c2c(C(C)C)cc(-c3ccccc3)cc2C(C)C)c2oc3c(C)ccc(C)c3c12.[Ir]. The van der Waals surface area contributed by atoms with Crippen molar-refractivity contribution in [2.75, 3.05) is 0 Å². The number of imidazole rings is 1. The summed E-state index contributed by atoms with van der Waals surface area (Å²) in [5.41, 5.74) is 15.5. The maximum Gasteiger partial charge on any atom is 0.124 e. The Labute approximate surface area is 406 Å². The maximum absolute atomic E-state index is 8.43. The molecule has 0 amide bonds. The average molecular weight is 1050 g/mol. The van der Waals surface area contributed by atoms with Crippen molar-refractivity contribution in [2.24, 2.45) is 5.41 Å². The van der Waals surface area contributed by atoms with Gasteiger partial charge in [0, 0.05) is 41.5 Å². The molecule has 0 saturated carbocycles. The van der Waals surface area contributed by atoms with Crippen molar-refractivity contribution >= 4 is 46.2 Å². The molecular formula is C59H63IrN3OSi-2. The second kappa shape index (κ2) is 18.8. The Balaban J connectivity index is 0.000000262. The van der Waals surface area contributed by atoms with Crippen LogP contribution in [0.25, 0.3) is 72.4 Å². The fourth-order valence-corrected chi connectivity index (χ4v) is 10.6. The second-order valence-corrected chi connectivity index (χ2v) is 25.3. The van der Waals surface area contributed by atoms with Crippen molar-refractivity contribution in [3.63, 3.8) is 0 Å². The Morgan fingerprint density at radius 1 is 0.738 bits per heavy atom. The Hall–Kier alpha value is -5.39. The molecule has 0 fully saturated rings. The van der Waals surface area contributed by atoms with Crippen LogP contribution < -0.4 is 5.19 Å². The molecule has 0 aliphatic carbocycles. The van der Waals surface area contributed by atoms with E-state index in [1.54, 1.807) is 6.07 Å². The van der Waals surface area contributed by atoms with Crippen LogP contribution >= 0.6 is 0 Å². The van der Waals surface area contributed by atoms with Gasteiger partial charge in [-0.25, -0.2) is 0 Å². The van der Waals surface area contributed by atoms with E-state index in [-0.39, 0.29) is 42.9 Å². The molecule has 0 N–H and O–H groups in total. The second-order valence-electron chi connectivity index (χ2n) is 20.2. The van der Waals surface area contributed by atoms with Crippen LogP contribution in [0, 0.1) is 38.2 Å². The zero-order valence-electron chi connectivity index (χ0n) is 43.0. The topological polar surface area (TPSA) is 43.9 Å². The molecule has 3 heterocycles. The van der Waals surface area contributed by atoms with Crippen LogP contribution in [0.5, 0.6) is 0 Å². The van der Waals surface area contributed by atoms with E-state index in [0.717, 1.165) is 50.9 Å². The van der Waals surface area contributed by atoms with Gasteiger partial charge in [-0.3, -0.25) is 4.98 Å². The molecule has 3 aromatic heterocycles. The number of aromatic nitrogens is 3. The van der Waals surface area contributed by atoms with E-state index in [0.29, 0.717) is 27.9 Å². The zero-order valence-corrected chi connectivity index (χ0v) is 43.4. The van der Waals surface area contributed by atoms with E-state index in [9.17, 15) is 0 Å². The number of nitrogens with zero attached hydrogens (tertiary/aromatic N) is 3. The molecule has 9 aromatic rings. The normalized spacial score (nSPS) is 12.9. The molecule has 0 bridgehead atoms. The number of hydrogen-bond acceptors (Lipinski definition) is 3. The van der Waals surface area contributed by atoms with Crippen molar-refractivity contribution in [2.45, 2.75) is 107 Å². The van der Waals surface area contributed by atoms with Gasteiger partial charge in [-0.15, -0.1) is 53.6 Å². The number of rotatable bonds is 8. The molecule has 1 radical (unpaired) electrons. The molecule has 4 nitrogen and oxygen atoms in total. The van der Waals surface area contributed by atoms with Gasteiger partial charge >= 0.3 is 0 Å². The number of fused-ring (bicyclic) bond motifs is 4. The Morgan fingerprint density at radius 3 is 2.02 bits per heavy atom. The molecule has 6 aromatic carbocycles. The molecule has 0 saturated heterocycles. The Morgan fingerprint density at radius 2 is 1.38 bits per heavy atom. The van der Waals surface area contributed by atoms with E-state index in [1.807, 2.05) is 68.4 Å². The third-order valence-electron chi connectivity index (χ3n) is 12.1. The zero-order chi connectivity index (χ0) is 48.2. The van der Waals surface area contributed by atoms with Crippen molar-refractivity contribution in [1.29, 1.82) is 0 Å². The van der Waals surface area contributed by atoms with Gasteiger partial charge in [0.05, 0.1) is 30.5 Å². The van der Waals surface area contributed by atoms with E-state index in [1.165, 1.54) is 33.0 Å². The predicted molar refractivity (Wildman–Crippen MR) is 275 cm³/mol. The van der Waals surface area contributed by atoms with Gasteiger partial charge in [0.15, 0.2) is 0 Å². The van der Waals surface area contributed by atoms with Crippen LogP contribution in [-0.2, 0) is 26.5 Å². The Bertz CT molecular complexity index is 3220. The molecule has 65 heavy (non-hydrogen) atoms. The summed E-state index contributed by atoms with van der Waals surface area (Å²) in [7, 11) is -1.37. The van der Waals surface area contributed by atoms with Crippen LogP contribution in [0.3, 0.4) is 0 Å². The summed E-state index contributed by atoms with van der Waals surface area (Å²) in [5.74, 6) is 1.10. The first-order chi connectivity index (χ1) is 31.6.